The molecule has 0 aliphatic carbocycles. The van der Waals surface area contributed by atoms with Gasteiger partial charge in [0.05, 0.1) is 5.69 Å². The molecular formula is C16H31N3. The van der Waals surface area contributed by atoms with Crippen LogP contribution < -0.4 is 5.32 Å². The van der Waals surface area contributed by atoms with Crippen molar-refractivity contribution in [2.24, 2.45) is 5.41 Å². The molecule has 1 aromatic heterocycles. The maximum atomic E-state index is 4.64. The zero-order valence-electron chi connectivity index (χ0n) is 13.6. The van der Waals surface area contributed by atoms with Crippen LogP contribution in [-0.2, 0) is 19.4 Å². The lowest BCUT2D eigenvalue weighted by Crippen LogP contribution is -2.29. The lowest BCUT2D eigenvalue weighted by Gasteiger charge is -2.25. The van der Waals surface area contributed by atoms with Crippen molar-refractivity contribution in [1.29, 1.82) is 0 Å². The predicted molar refractivity (Wildman–Crippen MR) is 82.5 cm³/mol. The number of rotatable bonds is 8. The summed E-state index contributed by atoms with van der Waals surface area (Å²) in [6.45, 7) is 15.5. The van der Waals surface area contributed by atoms with Crippen molar-refractivity contribution in [1.82, 2.24) is 15.1 Å². The van der Waals surface area contributed by atoms with Crippen LogP contribution >= 0.6 is 0 Å². The summed E-state index contributed by atoms with van der Waals surface area (Å²) in [7, 11) is 0. The van der Waals surface area contributed by atoms with Gasteiger partial charge in [0, 0.05) is 18.3 Å². The van der Waals surface area contributed by atoms with Crippen LogP contribution in [0, 0.1) is 5.41 Å². The number of hydrogen-bond donors (Lipinski definition) is 1. The lowest BCUT2D eigenvalue weighted by molar-refractivity contribution is 0.312. The van der Waals surface area contributed by atoms with Gasteiger partial charge >= 0.3 is 0 Å². The van der Waals surface area contributed by atoms with Crippen molar-refractivity contribution in [3.05, 3.63) is 17.5 Å². The average molecular weight is 265 g/mol. The summed E-state index contributed by atoms with van der Waals surface area (Å²) < 4.78 is 2.16. The van der Waals surface area contributed by atoms with Gasteiger partial charge in [-0.25, -0.2) is 0 Å². The van der Waals surface area contributed by atoms with E-state index >= 15 is 0 Å². The molecule has 0 aliphatic heterocycles. The third-order valence-electron chi connectivity index (χ3n) is 3.59. The highest BCUT2D eigenvalue weighted by atomic mass is 15.3. The molecule has 0 radical (unpaired) electrons. The summed E-state index contributed by atoms with van der Waals surface area (Å²) >= 11 is 0. The molecule has 0 saturated heterocycles. The van der Waals surface area contributed by atoms with Gasteiger partial charge in [-0.1, -0.05) is 34.6 Å². The summed E-state index contributed by atoms with van der Waals surface area (Å²) in [6, 6.07) is 2.85. The molecule has 0 saturated carbocycles. The molecule has 0 unspecified atom stereocenters. The third-order valence-corrected chi connectivity index (χ3v) is 3.59. The lowest BCUT2D eigenvalue weighted by atomic mass is 9.84. The quantitative estimate of drug-likeness (QED) is 0.780. The van der Waals surface area contributed by atoms with Gasteiger partial charge in [-0.15, -0.1) is 0 Å². The van der Waals surface area contributed by atoms with E-state index in [9.17, 15) is 0 Å². The van der Waals surface area contributed by atoms with Crippen LogP contribution in [0.1, 0.15) is 59.4 Å². The summed E-state index contributed by atoms with van der Waals surface area (Å²) in [5.74, 6) is 0. The van der Waals surface area contributed by atoms with Crippen LogP contribution in [0.25, 0.3) is 0 Å². The van der Waals surface area contributed by atoms with Crippen LogP contribution in [0.5, 0.6) is 0 Å². The van der Waals surface area contributed by atoms with E-state index in [0.29, 0.717) is 11.5 Å². The topological polar surface area (TPSA) is 29.9 Å². The molecule has 19 heavy (non-hydrogen) atoms. The number of aromatic nitrogens is 2. The van der Waals surface area contributed by atoms with Crippen LogP contribution in [0.3, 0.4) is 0 Å². The molecule has 1 heterocycles. The molecule has 110 valence electrons. The van der Waals surface area contributed by atoms with E-state index in [4.69, 9.17) is 0 Å². The Morgan fingerprint density at radius 1 is 1.32 bits per heavy atom. The van der Waals surface area contributed by atoms with E-state index in [1.807, 2.05) is 0 Å². The van der Waals surface area contributed by atoms with Crippen molar-refractivity contribution in [2.75, 3.05) is 6.54 Å². The van der Waals surface area contributed by atoms with Gasteiger partial charge in [0.25, 0.3) is 0 Å². The second-order valence-electron chi connectivity index (χ2n) is 6.50. The number of aryl methyl sites for hydroxylation is 2. The van der Waals surface area contributed by atoms with E-state index in [-0.39, 0.29) is 0 Å². The molecule has 1 rings (SSSR count). The highest BCUT2D eigenvalue weighted by Gasteiger charge is 2.21. The van der Waals surface area contributed by atoms with E-state index in [0.717, 1.165) is 25.9 Å². The van der Waals surface area contributed by atoms with Crippen LogP contribution in [0.15, 0.2) is 6.07 Å². The Morgan fingerprint density at radius 3 is 2.53 bits per heavy atom. The van der Waals surface area contributed by atoms with Crippen LogP contribution in [0.4, 0.5) is 0 Å². The van der Waals surface area contributed by atoms with E-state index in [2.05, 4.69) is 62.7 Å². The zero-order chi connectivity index (χ0) is 14.5. The van der Waals surface area contributed by atoms with Gasteiger partial charge in [-0.05, 0) is 44.2 Å². The molecule has 1 aromatic rings. The van der Waals surface area contributed by atoms with Gasteiger partial charge in [-0.2, -0.15) is 5.10 Å². The fourth-order valence-electron chi connectivity index (χ4n) is 2.38. The van der Waals surface area contributed by atoms with Crippen molar-refractivity contribution in [3.8, 4) is 0 Å². The van der Waals surface area contributed by atoms with E-state index in [1.165, 1.54) is 17.8 Å². The Hall–Kier alpha value is -0.830. The van der Waals surface area contributed by atoms with Gasteiger partial charge < -0.3 is 5.32 Å². The first-order valence-electron chi connectivity index (χ1n) is 7.67. The van der Waals surface area contributed by atoms with Gasteiger partial charge in [0.2, 0.25) is 0 Å². The average Bonchev–Trinajstić information content (AvgIpc) is 2.69. The number of nitrogens with zero attached hydrogens (tertiary/aromatic N) is 2. The van der Waals surface area contributed by atoms with E-state index < -0.39 is 0 Å². The molecular weight excluding hydrogens is 234 g/mol. The maximum Gasteiger partial charge on any atom is 0.0624 e. The Bertz CT molecular complexity index is 377. The molecule has 1 N–H and O–H groups in total. The monoisotopic (exact) mass is 265 g/mol. The molecule has 0 atom stereocenters. The Labute approximate surface area is 118 Å². The molecule has 0 aliphatic rings. The summed E-state index contributed by atoms with van der Waals surface area (Å²) in [5, 5.41) is 8.15. The largest absolute Gasteiger partial charge is 0.315 e. The van der Waals surface area contributed by atoms with Crippen molar-refractivity contribution in [2.45, 2.75) is 73.4 Å². The van der Waals surface area contributed by atoms with Crippen molar-refractivity contribution in [3.63, 3.8) is 0 Å². The molecule has 0 fully saturated rings. The number of nitrogens with one attached hydrogen (secondary N) is 1. The van der Waals surface area contributed by atoms with Crippen molar-refractivity contribution >= 4 is 0 Å². The molecule has 0 amide bonds. The predicted octanol–water partition coefficient (Wildman–Crippen LogP) is 3.42. The third kappa shape index (κ3) is 5.35. The fourth-order valence-corrected chi connectivity index (χ4v) is 2.38. The molecule has 3 nitrogen and oxygen atoms in total. The summed E-state index contributed by atoms with van der Waals surface area (Å²) in [5.41, 5.74) is 2.92. The van der Waals surface area contributed by atoms with Gasteiger partial charge in [0.1, 0.15) is 0 Å². The molecule has 0 aromatic carbocycles. The minimum Gasteiger partial charge on any atom is -0.315 e. The number of hydrogen-bond acceptors (Lipinski definition) is 2. The Balaban J connectivity index is 2.63. The standard InChI is InChI=1S/C16H31N3/c1-7-14-11-15(19(8-2)18-14)12-16(5,6)9-10-17-13(3)4/h11,13,17H,7-10,12H2,1-6H3. The van der Waals surface area contributed by atoms with Crippen LogP contribution in [0.2, 0.25) is 0 Å². The zero-order valence-corrected chi connectivity index (χ0v) is 13.6. The minimum atomic E-state index is 0.319. The highest BCUT2D eigenvalue weighted by molar-refractivity contribution is 5.12. The molecule has 0 spiro atoms. The van der Waals surface area contributed by atoms with Gasteiger partial charge in [0.15, 0.2) is 0 Å². The van der Waals surface area contributed by atoms with E-state index in [1.54, 1.807) is 0 Å². The summed E-state index contributed by atoms with van der Waals surface area (Å²) in [4.78, 5) is 0. The maximum absolute atomic E-state index is 4.64. The normalized spacial score (nSPS) is 12.4. The first-order valence-corrected chi connectivity index (χ1v) is 7.67. The molecule has 3 heteroatoms. The molecule has 0 bridgehead atoms. The second kappa shape index (κ2) is 7.09. The smallest absolute Gasteiger partial charge is 0.0624 e. The Kier molecular flexibility index (Phi) is 6.05. The fraction of sp³-hybridized carbons (Fsp3) is 0.812. The first-order chi connectivity index (χ1) is 8.88. The van der Waals surface area contributed by atoms with Crippen molar-refractivity contribution < 1.29 is 0 Å². The second-order valence-corrected chi connectivity index (χ2v) is 6.50. The van der Waals surface area contributed by atoms with Gasteiger partial charge in [-0.3, -0.25) is 4.68 Å². The van der Waals surface area contributed by atoms with Crippen LogP contribution in [-0.4, -0.2) is 22.4 Å². The SMILES string of the molecule is CCc1cc(CC(C)(C)CCNC(C)C)n(CC)n1. The summed E-state index contributed by atoms with van der Waals surface area (Å²) in [6.07, 6.45) is 3.32. The minimum absolute atomic E-state index is 0.319. The first kappa shape index (κ1) is 16.2. The highest BCUT2D eigenvalue weighted by Crippen LogP contribution is 2.26. The Morgan fingerprint density at radius 2 is 2.00 bits per heavy atom.